The van der Waals surface area contributed by atoms with Gasteiger partial charge in [-0.25, -0.2) is 9.78 Å². The molecule has 0 aliphatic carbocycles. The van der Waals surface area contributed by atoms with Crippen LogP contribution in [0, 0.1) is 6.92 Å². The molecule has 2 aromatic rings. The lowest BCUT2D eigenvalue weighted by molar-refractivity contribution is -0.0315. The Bertz CT molecular complexity index is 733. The first-order valence-electron chi connectivity index (χ1n) is 6.66. The third-order valence-corrected chi connectivity index (χ3v) is 3.75. The van der Waals surface area contributed by atoms with Crippen molar-refractivity contribution < 1.29 is 9.84 Å². The van der Waals surface area contributed by atoms with E-state index in [0.717, 1.165) is 0 Å². The molecule has 3 heterocycles. The van der Waals surface area contributed by atoms with Crippen molar-refractivity contribution in [2.24, 2.45) is 0 Å². The highest BCUT2D eigenvalue weighted by Gasteiger charge is 2.37. The van der Waals surface area contributed by atoms with E-state index in [2.05, 4.69) is 9.97 Å². The number of rotatable bonds is 3. The van der Waals surface area contributed by atoms with Gasteiger partial charge in [0.05, 0.1) is 19.0 Å². The maximum atomic E-state index is 11.9. The van der Waals surface area contributed by atoms with Crippen molar-refractivity contribution in [2.45, 2.75) is 31.7 Å². The molecule has 1 fully saturated rings. The summed E-state index contributed by atoms with van der Waals surface area (Å²) in [6.45, 7) is 1.47. The molecule has 2 N–H and O–H groups in total. The number of aliphatic hydroxyl groups is 1. The number of aromatic amines is 1. The Morgan fingerprint density at radius 3 is 3.00 bits per heavy atom. The molecule has 0 aromatic carbocycles. The van der Waals surface area contributed by atoms with Crippen LogP contribution in [0.2, 0.25) is 0 Å². The third-order valence-electron chi connectivity index (χ3n) is 3.75. The predicted octanol–water partition coefficient (Wildman–Crippen LogP) is -0.437. The zero-order valence-electron chi connectivity index (χ0n) is 11.5. The highest BCUT2D eigenvalue weighted by atomic mass is 16.5. The van der Waals surface area contributed by atoms with Gasteiger partial charge in [-0.1, -0.05) is 0 Å². The second-order valence-electron chi connectivity index (χ2n) is 5.10. The lowest BCUT2D eigenvalue weighted by atomic mass is 10.1. The number of aromatic nitrogens is 4. The molecule has 3 atom stereocenters. The van der Waals surface area contributed by atoms with Crippen molar-refractivity contribution in [1.29, 1.82) is 0 Å². The van der Waals surface area contributed by atoms with E-state index < -0.39 is 23.6 Å². The van der Waals surface area contributed by atoms with Crippen molar-refractivity contribution in [3.63, 3.8) is 0 Å². The molecule has 8 nitrogen and oxygen atoms in total. The van der Waals surface area contributed by atoms with E-state index in [1.165, 1.54) is 10.8 Å². The summed E-state index contributed by atoms with van der Waals surface area (Å²) >= 11 is 0. The molecule has 1 saturated heterocycles. The zero-order valence-corrected chi connectivity index (χ0v) is 11.5. The fourth-order valence-corrected chi connectivity index (χ4v) is 2.63. The Labute approximate surface area is 119 Å². The standard InChI is InChI=1S/C13H16N4O4/c1-8-5-17(13(20)15-12(8)19)11-4-9(10(6-18)21-11)16-3-2-14-7-16/h2-3,5,7,9-11,18H,4,6H2,1H3,(H,15,19,20)/t9?,10-,11-/m1/s1. The second-order valence-corrected chi connectivity index (χ2v) is 5.10. The maximum Gasteiger partial charge on any atom is 0.330 e. The molecular formula is C13H16N4O4. The summed E-state index contributed by atoms with van der Waals surface area (Å²) in [5.41, 5.74) is -0.484. The van der Waals surface area contributed by atoms with Gasteiger partial charge >= 0.3 is 5.69 Å². The summed E-state index contributed by atoms with van der Waals surface area (Å²) in [4.78, 5) is 29.6. The molecule has 21 heavy (non-hydrogen) atoms. The van der Waals surface area contributed by atoms with E-state index in [4.69, 9.17) is 4.74 Å². The molecule has 1 aliphatic rings. The lowest BCUT2D eigenvalue weighted by Gasteiger charge is -2.16. The number of nitrogens with one attached hydrogen (secondary N) is 1. The first kappa shape index (κ1) is 13.8. The lowest BCUT2D eigenvalue weighted by Crippen LogP contribution is -2.33. The number of aliphatic hydroxyl groups excluding tert-OH is 1. The van der Waals surface area contributed by atoms with Gasteiger partial charge in [-0.3, -0.25) is 14.3 Å². The molecule has 2 aromatic heterocycles. The molecule has 0 bridgehead atoms. The van der Waals surface area contributed by atoms with Gasteiger partial charge in [0.25, 0.3) is 5.56 Å². The molecule has 0 radical (unpaired) electrons. The molecule has 1 unspecified atom stereocenters. The van der Waals surface area contributed by atoms with Crippen LogP contribution < -0.4 is 11.2 Å². The quantitative estimate of drug-likeness (QED) is 0.798. The molecule has 3 rings (SSSR count). The number of hydrogen-bond acceptors (Lipinski definition) is 5. The number of aryl methyl sites for hydroxylation is 1. The van der Waals surface area contributed by atoms with Gasteiger partial charge in [-0.05, 0) is 6.92 Å². The fourth-order valence-electron chi connectivity index (χ4n) is 2.63. The minimum atomic E-state index is -0.530. The summed E-state index contributed by atoms with van der Waals surface area (Å²) in [7, 11) is 0. The van der Waals surface area contributed by atoms with Crippen molar-refractivity contribution in [1.82, 2.24) is 19.1 Å². The molecule has 0 amide bonds. The van der Waals surface area contributed by atoms with Crippen molar-refractivity contribution in [3.8, 4) is 0 Å². The first-order valence-corrected chi connectivity index (χ1v) is 6.66. The van der Waals surface area contributed by atoms with Crippen LogP contribution in [0.5, 0.6) is 0 Å². The summed E-state index contributed by atoms with van der Waals surface area (Å²) in [6, 6.07) is -0.110. The second kappa shape index (κ2) is 5.30. The number of H-pyrrole nitrogens is 1. The van der Waals surface area contributed by atoms with Crippen molar-refractivity contribution >= 4 is 0 Å². The Morgan fingerprint density at radius 1 is 1.52 bits per heavy atom. The number of nitrogens with zero attached hydrogens (tertiary/aromatic N) is 3. The van der Waals surface area contributed by atoms with E-state index in [0.29, 0.717) is 12.0 Å². The van der Waals surface area contributed by atoms with Crippen LogP contribution >= 0.6 is 0 Å². The SMILES string of the molecule is Cc1cn([C@H]2CC(n3ccnc3)[C@@H](CO)O2)c(=O)[nH]c1=O. The summed E-state index contributed by atoms with van der Waals surface area (Å²) in [5.74, 6) is 0. The third kappa shape index (κ3) is 2.43. The van der Waals surface area contributed by atoms with Gasteiger partial charge in [0.15, 0.2) is 0 Å². The van der Waals surface area contributed by atoms with E-state index in [1.54, 1.807) is 25.6 Å². The summed E-state index contributed by atoms with van der Waals surface area (Å²) in [5, 5.41) is 9.46. The van der Waals surface area contributed by atoms with Gasteiger partial charge in [0, 0.05) is 30.6 Å². The van der Waals surface area contributed by atoms with E-state index in [-0.39, 0.29) is 12.6 Å². The molecule has 1 aliphatic heterocycles. The van der Waals surface area contributed by atoms with Crippen LogP contribution in [0.1, 0.15) is 24.3 Å². The largest absolute Gasteiger partial charge is 0.394 e. The summed E-state index contributed by atoms with van der Waals surface area (Å²) in [6.07, 6.45) is 6.13. The van der Waals surface area contributed by atoms with Gasteiger partial charge in [-0.2, -0.15) is 0 Å². The van der Waals surface area contributed by atoms with Gasteiger partial charge < -0.3 is 14.4 Å². The van der Waals surface area contributed by atoms with Crippen LogP contribution in [-0.2, 0) is 4.74 Å². The Balaban J connectivity index is 1.93. The number of imidazole rings is 1. The van der Waals surface area contributed by atoms with Crippen LogP contribution in [0.15, 0.2) is 34.5 Å². The van der Waals surface area contributed by atoms with Gasteiger partial charge in [0.1, 0.15) is 12.3 Å². The monoisotopic (exact) mass is 292 g/mol. The molecule has 0 saturated carbocycles. The molecular weight excluding hydrogens is 276 g/mol. The predicted molar refractivity (Wildman–Crippen MR) is 72.9 cm³/mol. The minimum Gasteiger partial charge on any atom is -0.394 e. The Kier molecular flexibility index (Phi) is 3.48. The van der Waals surface area contributed by atoms with E-state index >= 15 is 0 Å². The zero-order chi connectivity index (χ0) is 15.0. The first-order chi connectivity index (χ1) is 10.1. The smallest absolute Gasteiger partial charge is 0.330 e. The van der Waals surface area contributed by atoms with Crippen LogP contribution in [-0.4, -0.2) is 36.9 Å². The summed E-state index contributed by atoms with van der Waals surface area (Å²) < 4.78 is 8.96. The average Bonchev–Trinajstić information content (AvgIpc) is 3.10. The van der Waals surface area contributed by atoms with Crippen LogP contribution in [0.4, 0.5) is 0 Å². The van der Waals surface area contributed by atoms with Crippen molar-refractivity contribution in [2.75, 3.05) is 6.61 Å². The molecule has 8 heteroatoms. The topological polar surface area (TPSA) is 102 Å². The van der Waals surface area contributed by atoms with Gasteiger partial charge in [-0.15, -0.1) is 0 Å². The van der Waals surface area contributed by atoms with Crippen LogP contribution in [0.25, 0.3) is 0 Å². The normalized spacial score (nSPS) is 25.3. The van der Waals surface area contributed by atoms with E-state index in [1.807, 2.05) is 4.57 Å². The Hall–Kier alpha value is -2.19. The number of ether oxygens (including phenoxy) is 1. The highest BCUT2D eigenvalue weighted by molar-refractivity contribution is 5.02. The fraction of sp³-hybridized carbons (Fsp3) is 0.462. The van der Waals surface area contributed by atoms with Crippen LogP contribution in [0.3, 0.4) is 0 Å². The molecule has 0 spiro atoms. The van der Waals surface area contributed by atoms with Gasteiger partial charge in [0.2, 0.25) is 0 Å². The van der Waals surface area contributed by atoms with E-state index in [9.17, 15) is 14.7 Å². The van der Waals surface area contributed by atoms with Crippen molar-refractivity contribution in [3.05, 3.63) is 51.3 Å². The minimum absolute atomic E-state index is 0.110. The average molecular weight is 292 g/mol. The number of hydrogen-bond donors (Lipinski definition) is 2. The Morgan fingerprint density at radius 2 is 2.33 bits per heavy atom. The maximum absolute atomic E-state index is 11.9. The molecule has 112 valence electrons. The highest BCUT2D eigenvalue weighted by Crippen LogP contribution is 2.35.